The molecule has 2 N–H and O–H groups in total. The summed E-state index contributed by atoms with van der Waals surface area (Å²) >= 11 is 6.02. The van der Waals surface area contributed by atoms with Crippen LogP contribution in [0.4, 0.5) is 0 Å². The molecule has 0 aliphatic heterocycles. The first-order valence-corrected chi connectivity index (χ1v) is 8.61. The van der Waals surface area contributed by atoms with E-state index in [4.69, 9.17) is 22.6 Å². The summed E-state index contributed by atoms with van der Waals surface area (Å²) in [4.78, 5) is 0.0422. The smallest absolute Gasteiger partial charge is 0.244 e. The van der Waals surface area contributed by atoms with Crippen LogP contribution >= 0.6 is 11.6 Å². The van der Waals surface area contributed by atoms with Crippen molar-refractivity contribution in [1.29, 1.82) is 5.26 Å². The van der Waals surface area contributed by atoms with E-state index in [0.29, 0.717) is 5.56 Å². The van der Waals surface area contributed by atoms with Crippen LogP contribution in [0.15, 0.2) is 23.1 Å². The van der Waals surface area contributed by atoms with Gasteiger partial charge < -0.3 is 5.73 Å². The Bertz CT molecular complexity index is 661. The quantitative estimate of drug-likeness (QED) is 0.921. The molecule has 1 aliphatic carbocycles. The first-order chi connectivity index (χ1) is 9.86. The minimum atomic E-state index is -3.66. The zero-order chi connectivity index (χ0) is 15.6. The van der Waals surface area contributed by atoms with Crippen molar-refractivity contribution in [3.8, 4) is 6.07 Å². The van der Waals surface area contributed by atoms with Gasteiger partial charge in [-0.05, 0) is 43.9 Å². The van der Waals surface area contributed by atoms with Crippen LogP contribution in [0.5, 0.6) is 0 Å². The molecule has 21 heavy (non-hydrogen) atoms. The number of nitrogens with two attached hydrogens (primary N) is 1. The Morgan fingerprint density at radius 3 is 2.48 bits per heavy atom. The van der Waals surface area contributed by atoms with E-state index in [9.17, 15) is 8.42 Å². The van der Waals surface area contributed by atoms with Crippen LogP contribution in [0.3, 0.4) is 0 Å². The Labute approximate surface area is 130 Å². The van der Waals surface area contributed by atoms with Crippen LogP contribution in [0.2, 0.25) is 5.02 Å². The molecule has 0 heterocycles. The molecule has 114 valence electrons. The molecule has 1 aromatic rings. The molecule has 1 saturated carbocycles. The van der Waals surface area contributed by atoms with Crippen LogP contribution < -0.4 is 5.73 Å². The molecular formula is C14H18ClN3O2S. The van der Waals surface area contributed by atoms with Gasteiger partial charge in [0.15, 0.2) is 0 Å². The second kappa shape index (κ2) is 6.32. The lowest BCUT2D eigenvalue weighted by Crippen LogP contribution is -2.41. The molecule has 0 unspecified atom stereocenters. The fourth-order valence-electron chi connectivity index (χ4n) is 2.60. The SMILES string of the molecule is CN(C1CCC(N)CC1)S(=O)(=O)c1ccc(C#N)cc1Cl. The van der Waals surface area contributed by atoms with E-state index in [1.807, 2.05) is 6.07 Å². The van der Waals surface area contributed by atoms with E-state index in [2.05, 4.69) is 0 Å². The third kappa shape index (κ3) is 3.38. The molecule has 0 radical (unpaired) electrons. The van der Waals surface area contributed by atoms with E-state index in [1.54, 1.807) is 7.05 Å². The number of hydrogen-bond donors (Lipinski definition) is 1. The van der Waals surface area contributed by atoms with Crippen molar-refractivity contribution in [2.45, 2.75) is 42.7 Å². The number of rotatable bonds is 3. The highest BCUT2D eigenvalue weighted by Crippen LogP contribution is 2.29. The van der Waals surface area contributed by atoms with Gasteiger partial charge in [0.1, 0.15) is 4.90 Å². The Hall–Kier alpha value is -1.13. The van der Waals surface area contributed by atoms with Gasteiger partial charge in [0.25, 0.3) is 0 Å². The van der Waals surface area contributed by atoms with Crippen molar-refractivity contribution in [3.05, 3.63) is 28.8 Å². The lowest BCUT2D eigenvalue weighted by Gasteiger charge is -2.32. The van der Waals surface area contributed by atoms with Gasteiger partial charge in [0.05, 0.1) is 16.7 Å². The van der Waals surface area contributed by atoms with Crippen molar-refractivity contribution in [3.63, 3.8) is 0 Å². The Balaban J connectivity index is 2.27. The van der Waals surface area contributed by atoms with Crippen molar-refractivity contribution in [1.82, 2.24) is 4.31 Å². The minimum absolute atomic E-state index is 0.0422. The van der Waals surface area contributed by atoms with E-state index in [-0.39, 0.29) is 22.0 Å². The zero-order valence-electron chi connectivity index (χ0n) is 11.8. The zero-order valence-corrected chi connectivity index (χ0v) is 13.4. The van der Waals surface area contributed by atoms with Crippen LogP contribution in [0.1, 0.15) is 31.2 Å². The second-order valence-electron chi connectivity index (χ2n) is 5.35. The van der Waals surface area contributed by atoms with E-state index >= 15 is 0 Å². The minimum Gasteiger partial charge on any atom is -0.328 e. The Morgan fingerprint density at radius 1 is 1.33 bits per heavy atom. The topological polar surface area (TPSA) is 87.2 Å². The molecule has 0 amide bonds. The molecule has 0 aromatic heterocycles. The number of nitriles is 1. The summed E-state index contributed by atoms with van der Waals surface area (Å²) in [5.74, 6) is 0. The largest absolute Gasteiger partial charge is 0.328 e. The molecule has 1 aromatic carbocycles. The van der Waals surface area contributed by atoms with E-state index in [1.165, 1.54) is 22.5 Å². The summed E-state index contributed by atoms with van der Waals surface area (Å²) in [5.41, 5.74) is 6.19. The molecule has 7 heteroatoms. The molecule has 0 atom stereocenters. The van der Waals surface area contributed by atoms with Crippen molar-refractivity contribution in [2.75, 3.05) is 7.05 Å². The van der Waals surface area contributed by atoms with Crippen LogP contribution in [0.25, 0.3) is 0 Å². The first kappa shape index (κ1) is 16.2. The number of nitrogens with zero attached hydrogens (tertiary/aromatic N) is 2. The number of sulfonamides is 1. The fourth-order valence-corrected chi connectivity index (χ4v) is 4.53. The molecule has 5 nitrogen and oxygen atoms in total. The third-order valence-corrected chi connectivity index (χ3v) is 6.37. The predicted octanol–water partition coefficient (Wildman–Crippen LogP) is 2.10. The molecule has 1 aliphatic rings. The Kier molecular flexibility index (Phi) is 4.89. The summed E-state index contributed by atoms with van der Waals surface area (Å²) in [7, 11) is -2.09. The predicted molar refractivity (Wildman–Crippen MR) is 81.3 cm³/mol. The number of benzene rings is 1. The molecule has 1 fully saturated rings. The molecule has 0 bridgehead atoms. The second-order valence-corrected chi connectivity index (χ2v) is 7.72. The highest BCUT2D eigenvalue weighted by Gasteiger charge is 2.31. The van der Waals surface area contributed by atoms with Gasteiger partial charge in [0, 0.05) is 19.1 Å². The van der Waals surface area contributed by atoms with Gasteiger partial charge >= 0.3 is 0 Å². The number of halogens is 1. The number of hydrogen-bond acceptors (Lipinski definition) is 4. The van der Waals surface area contributed by atoms with Crippen LogP contribution in [0, 0.1) is 11.3 Å². The average molecular weight is 328 g/mol. The van der Waals surface area contributed by atoms with Crippen molar-refractivity contribution < 1.29 is 8.42 Å². The normalized spacial score (nSPS) is 23.0. The van der Waals surface area contributed by atoms with Gasteiger partial charge in [-0.1, -0.05) is 11.6 Å². The van der Waals surface area contributed by atoms with Gasteiger partial charge in [-0.25, -0.2) is 8.42 Å². The maximum absolute atomic E-state index is 12.7. The highest BCUT2D eigenvalue weighted by atomic mass is 35.5. The third-order valence-electron chi connectivity index (χ3n) is 3.97. The molecule has 2 rings (SSSR count). The van der Waals surface area contributed by atoms with Gasteiger partial charge in [-0.2, -0.15) is 9.57 Å². The van der Waals surface area contributed by atoms with Gasteiger partial charge in [0.2, 0.25) is 10.0 Å². The van der Waals surface area contributed by atoms with Gasteiger partial charge in [-0.3, -0.25) is 0 Å². The fraction of sp³-hybridized carbons (Fsp3) is 0.500. The maximum Gasteiger partial charge on any atom is 0.244 e. The summed E-state index contributed by atoms with van der Waals surface area (Å²) < 4.78 is 26.7. The highest BCUT2D eigenvalue weighted by molar-refractivity contribution is 7.89. The van der Waals surface area contributed by atoms with Crippen LogP contribution in [-0.2, 0) is 10.0 Å². The van der Waals surface area contributed by atoms with Crippen molar-refractivity contribution >= 4 is 21.6 Å². The average Bonchev–Trinajstić information content (AvgIpc) is 2.46. The summed E-state index contributed by atoms with van der Waals surface area (Å²) in [5, 5.41) is 8.89. The Morgan fingerprint density at radius 2 is 1.95 bits per heavy atom. The summed E-state index contributed by atoms with van der Waals surface area (Å²) in [6.07, 6.45) is 3.16. The monoisotopic (exact) mass is 327 g/mol. The molecular weight excluding hydrogens is 310 g/mol. The van der Waals surface area contributed by atoms with Gasteiger partial charge in [-0.15, -0.1) is 0 Å². The van der Waals surface area contributed by atoms with E-state index in [0.717, 1.165) is 25.7 Å². The summed E-state index contributed by atoms with van der Waals surface area (Å²) in [6.45, 7) is 0. The summed E-state index contributed by atoms with van der Waals surface area (Å²) in [6, 6.07) is 6.27. The van der Waals surface area contributed by atoms with Crippen molar-refractivity contribution in [2.24, 2.45) is 5.73 Å². The van der Waals surface area contributed by atoms with E-state index < -0.39 is 10.0 Å². The maximum atomic E-state index is 12.7. The lowest BCUT2D eigenvalue weighted by molar-refractivity contribution is 0.268. The first-order valence-electron chi connectivity index (χ1n) is 6.79. The molecule has 0 spiro atoms. The van der Waals surface area contributed by atoms with Crippen LogP contribution in [-0.4, -0.2) is 31.9 Å². The molecule has 0 saturated heterocycles. The lowest BCUT2D eigenvalue weighted by atomic mass is 9.92. The standard InChI is InChI=1S/C14H18ClN3O2S/c1-18(12-5-3-11(17)4-6-12)21(19,20)14-7-2-10(9-16)8-13(14)15/h2,7-8,11-12H,3-6,17H2,1H3.